The summed E-state index contributed by atoms with van der Waals surface area (Å²) in [5, 5.41) is 4.07. The van der Waals surface area contributed by atoms with Gasteiger partial charge in [-0.05, 0) is 19.5 Å². The summed E-state index contributed by atoms with van der Waals surface area (Å²) in [6.07, 6.45) is 3.08. The van der Waals surface area contributed by atoms with Gasteiger partial charge in [-0.25, -0.2) is 4.98 Å². The van der Waals surface area contributed by atoms with Gasteiger partial charge in [-0.2, -0.15) is 0 Å². The third-order valence-corrected chi connectivity index (χ3v) is 3.41. The van der Waals surface area contributed by atoms with E-state index in [1.165, 1.54) is 4.88 Å². The van der Waals surface area contributed by atoms with Crippen molar-refractivity contribution in [2.45, 2.75) is 20.3 Å². The third kappa shape index (κ3) is 3.27. The molecule has 0 aromatic carbocycles. The molecule has 4 heteroatoms. The highest BCUT2D eigenvalue weighted by atomic mass is 32.1. The molecule has 1 aromatic rings. The van der Waals surface area contributed by atoms with Crippen LogP contribution in [0.1, 0.15) is 18.7 Å². The number of hydrogen-bond donors (Lipinski definition) is 1. The zero-order valence-corrected chi connectivity index (χ0v) is 10.0. The van der Waals surface area contributed by atoms with Crippen molar-refractivity contribution >= 4 is 16.5 Å². The predicted molar refractivity (Wildman–Crippen MR) is 63.2 cm³/mol. The Morgan fingerprint density at radius 1 is 1.43 bits per heavy atom. The van der Waals surface area contributed by atoms with Crippen molar-refractivity contribution in [1.29, 1.82) is 0 Å². The Hall–Kier alpha value is -0.610. The second-order valence-corrected chi connectivity index (χ2v) is 4.27. The van der Waals surface area contributed by atoms with Gasteiger partial charge >= 0.3 is 0 Å². The van der Waals surface area contributed by atoms with Crippen LogP contribution in [0.25, 0.3) is 0 Å². The topological polar surface area (TPSA) is 28.2 Å². The SMILES string of the molecule is CCN(CC)CCc1cnc(NC)s1. The van der Waals surface area contributed by atoms with Crippen LogP contribution < -0.4 is 5.32 Å². The van der Waals surface area contributed by atoms with Crippen LogP contribution in [0.5, 0.6) is 0 Å². The summed E-state index contributed by atoms with van der Waals surface area (Å²) in [5.41, 5.74) is 0. The summed E-state index contributed by atoms with van der Waals surface area (Å²) in [5.74, 6) is 0. The molecule has 0 aliphatic heterocycles. The second kappa shape index (κ2) is 5.98. The van der Waals surface area contributed by atoms with Gasteiger partial charge in [0.1, 0.15) is 0 Å². The van der Waals surface area contributed by atoms with E-state index >= 15 is 0 Å². The summed E-state index contributed by atoms with van der Waals surface area (Å²) >= 11 is 1.75. The van der Waals surface area contributed by atoms with Gasteiger partial charge in [0, 0.05) is 24.7 Å². The first-order valence-corrected chi connectivity index (χ1v) is 5.96. The van der Waals surface area contributed by atoms with Gasteiger partial charge in [0.2, 0.25) is 0 Å². The standard InChI is InChI=1S/C10H19N3S/c1-4-13(5-2)7-6-9-8-12-10(11-3)14-9/h8H,4-7H2,1-3H3,(H,11,12). The molecular formula is C10H19N3S. The maximum absolute atomic E-state index is 4.25. The summed E-state index contributed by atoms with van der Waals surface area (Å²) in [6, 6.07) is 0. The van der Waals surface area contributed by atoms with Crippen LogP contribution in [-0.2, 0) is 6.42 Å². The van der Waals surface area contributed by atoms with Crippen molar-refractivity contribution in [2.75, 3.05) is 32.0 Å². The predicted octanol–water partition coefficient (Wildman–Crippen LogP) is 2.07. The molecule has 80 valence electrons. The number of aromatic nitrogens is 1. The zero-order valence-electron chi connectivity index (χ0n) is 9.21. The number of likely N-dealkylation sites (N-methyl/N-ethyl adjacent to an activating group) is 1. The lowest BCUT2D eigenvalue weighted by molar-refractivity contribution is 0.308. The maximum atomic E-state index is 4.25. The quantitative estimate of drug-likeness (QED) is 0.784. The molecule has 0 aliphatic carbocycles. The Labute approximate surface area is 90.2 Å². The highest BCUT2D eigenvalue weighted by Gasteiger charge is 2.03. The number of hydrogen-bond acceptors (Lipinski definition) is 4. The monoisotopic (exact) mass is 213 g/mol. The minimum absolute atomic E-state index is 1.01. The van der Waals surface area contributed by atoms with Crippen LogP contribution >= 0.6 is 11.3 Å². The molecule has 0 spiro atoms. The molecular weight excluding hydrogens is 194 g/mol. The van der Waals surface area contributed by atoms with E-state index in [0.29, 0.717) is 0 Å². The Morgan fingerprint density at radius 3 is 2.64 bits per heavy atom. The molecule has 14 heavy (non-hydrogen) atoms. The van der Waals surface area contributed by atoms with Crippen LogP contribution in [0, 0.1) is 0 Å². The van der Waals surface area contributed by atoms with E-state index in [9.17, 15) is 0 Å². The average molecular weight is 213 g/mol. The molecule has 0 saturated heterocycles. The van der Waals surface area contributed by atoms with Gasteiger partial charge in [0.25, 0.3) is 0 Å². The van der Waals surface area contributed by atoms with Crippen LogP contribution in [0.2, 0.25) is 0 Å². The first-order valence-electron chi connectivity index (χ1n) is 5.15. The van der Waals surface area contributed by atoms with Gasteiger partial charge in [0.15, 0.2) is 5.13 Å². The van der Waals surface area contributed by atoms with E-state index in [1.807, 2.05) is 13.2 Å². The molecule has 1 heterocycles. The summed E-state index contributed by atoms with van der Waals surface area (Å²) < 4.78 is 0. The highest BCUT2D eigenvalue weighted by molar-refractivity contribution is 7.15. The first-order chi connectivity index (χ1) is 6.80. The second-order valence-electron chi connectivity index (χ2n) is 3.16. The fourth-order valence-corrected chi connectivity index (χ4v) is 2.10. The van der Waals surface area contributed by atoms with E-state index < -0.39 is 0 Å². The Morgan fingerprint density at radius 2 is 2.14 bits per heavy atom. The fourth-order valence-electron chi connectivity index (χ4n) is 1.35. The molecule has 1 aromatic heterocycles. The van der Waals surface area contributed by atoms with Crippen molar-refractivity contribution < 1.29 is 0 Å². The fraction of sp³-hybridized carbons (Fsp3) is 0.700. The third-order valence-electron chi connectivity index (χ3n) is 2.34. The lowest BCUT2D eigenvalue weighted by Crippen LogP contribution is -2.25. The van der Waals surface area contributed by atoms with Crippen molar-refractivity contribution in [3.05, 3.63) is 11.1 Å². The number of anilines is 1. The maximum Gasteiger partial charge on any atom is 0.182 e. The summed E-state index contributed by atoms with van der Waals surface area (Å²) in [4.78, 5) is 8.04. The van der Waals surface area contributed by atoms with Crippen molar-refractivity contribution in [1.82, 2.24) is 9.88 Å². The van der Waals surface area contributed by atoms with E-state index in [2.05, 4.69) is 29.0 Å². The van der Waals surface area contributed by atoms with Gasteiger partial charge < -0.3 is 10.2 Å². The van der Waals surface area contributed by atoms with Crippen LogP contribution in [0.15, 0.2) is 6.20 Å². The lowest BCUT2D eigenvalue weighted by atomic mass is 10.3. The van der Waals surface area contributed by atoms with Gasteiger partial charge in [-0.15, -0.1) is 11.3 Å². The van der Waals surface area contributed by atoms with Gasteiger partial charge in [0.05, 0.1) is 0 Å². The number of nitrogens with zero attached hydrogens (tertiary/aromatic N) is 2. The number of rotatable bonds is 6. The minimum atomic E-state index is 1.01. The molecule has 0 fully saturated rings. The van der Waals surface area contributed by atoms with Crippen molar-refractivity contribution in [2.24, 2.45) is 0 Å². The molecule has 1 rings (SSSR count). The molecule has 0 amide bonds. The molecule has 0 bridgehead atoms. The Kier molecular flexibility index (Phi) is 4.90. The zero-order chi connectivity index (χ0) is 10.4. The van der Waals surface area contributed by atoms with E-state index in [4.69, 9.17) is 0 Å². The summed E-state index contributed by atoms with van der Waals surface area (Å²) in [6.45, 7) is 7.81. The van der Waals surface area contributed by atoms with Crippen LogP contribution in [-0.4, -0.2) is 36.6 Å². The number of thiazole rings is 1. The van der Waals surface area contributed by atoms with E-state index in [1.54, 1.807) is 11.3 Å². The molecule has 0 atom stereocenters. The van der Waals surface area contributed by atoms with E-state index in [0.717, 1.165) is 31.2 Å². The average Bonchev–Trinajstić information content (AvgIpc) is 2.67. The van der Waals surface area contributed by atoms with Crippen LogP contribution in [0.4, 0.5) is 5.13 Å². The molecule has 0 radical (unpaired) electrons. The van der Waals surface area contributed by atoms with E-state index in [-0.39, 0.29) is 0 Å². The largest absolute Gasteiger partial charge is 0.365 e. The number of nitrogens with one attached hydrogen (secondary N) is 1. The van der Waals surface area contributed by atoms with Gasteiger partial charge in [-0.1, -0.05) is 13.8 Å². The van der Waals surface area contributed by atoms with Gasteiger partial charge in [-0.3, -0.25) is 0 Å². The molecule has 0 saturated carbocycles. The van der Waals surface area contributed by atoms with Crippen molar-refractivity contribution in [3.8, 4) is 0 Å². The smallest absolute Gasteiger partial charge is 0.182 e. The Balaban J connectivity index is 2.37. The van der Waals surface area contributed by atoms with Crippen LogP contribution in [0.3, 0.4) is 0 Å². The molecule has 0 aliphatic rings. The highest BCUT2D eigenvalue weighted by Crippen LogP contribution is 2.17. The van der Waals surface area contributed by atoms with Crippen molar-refractivity contribution in [3.63, 3.8) is 0 Å². The lowest BCUT2D eigenvalue weighted by Gasteiger charge is -2.16. The molecule has 3 nitrogen and oxygen atoms in total. The molecule has 1 N–H and O–H groups in total. The molecule has 0 unspecified atom stereocenters. The minimum Gasteiger partial charge on any atom is -0.365 e. The Bertz CT molecular complexity index is 256. The first kappa shape index (κ1) is 11.5. The normalized spacial score (nSPS) is 10.9. The summed E-state index contributed by atoms with van der Waals surface area (Å²) in [7, 11) is 1.91.